The van der Waals surface area contributed by atoms with Gasteiger partial charge in [0, 0.05) is 30.2 Å². The van der Waals surface area contributed by atoms with E-state index in [-0.39, 0.29) is 5.91 Å². The predicted octanol–water partition coefficient (Wildman–Crippen LogP) is 3.51. The molecule has 21 heavy (non-hydrogen) atoms. The van der Waals surface area contributed by atoms with Crippen molar-refractivity contribution < 1.29 is 4.79 Å². The topological polar surface area (TPSA) is 34.0 Å². The Morgan fingerprint density at radius 3 is 2.52 bits per heavy atom. The summed E-state index contributed by atoms with van der Waals surface area (Å²) in [5, 5.41) is 7.11. The maximum atomic E-state index is 12.1. The quantitative estimate of drug-likeness (QED) is 0.768. The van der Waals surface area contributed by atoms with E-state index >= 15 is 0 Å². The minimum Gasteiger partial charge on any atom is -0.352 e. The molecule has 0 aliphatic heterocycles. The van der Waals surface area contributed by atoms with Crippen LogP contribution in [0, 0.1) is 0 Å². The average Bonchev–Trinajstić information content (AvgIpc) is 3.21. The van der Waals surface area contributed by atoms with Gasteiger partial charge in [0.05, 0.1) is 0 Å². The van der Waals surface area contributed by atoms with Gasteiger partial charge in [-0.3, -0.25) is 4.79 Å². The van der Waals surface area contributed by atoms with E-state index < -0.39 is 0 Å². The SMILES string of the molecule is O=C(NCCc1ccsc1)c1ccc(-n2cccc2)cc1. The number of benzene rings is 1. The van der Waals surface area contributed by atoms with Crippen molar-refractivity contribution >= 4 is 17.2 Å². The van der Waals surface area contributed by atoms with E-state index in [0.29, 0.717) is 12.1 Å². The molecule has 0 radical (unpaired) electrons. The van der Waals surface area contributed by atoms with Gasteiger partial charge in [-0.25, -0.2) is 0 Å². The summed E-state index contributed by atoms with van der Waals surface area (Å²) in [6.45, 7) is 0.662. The van der Waals surface area contributed by atoms with Crippen LogP contribution in [-0.2, 0) is 6.42 Å². The Morgan fingerprint density at radius 2 is 1.86 bits per heavy atom. The fourth-order valence-electron chi connectivity index (χ4n) is 2.15. The molecule has 0 saturated heterocycles. The average molecular weight is 296 g/mol. The summed E-state index contributed by atoms with van der Waals surface area (Å²) >= 11 is 1.68. The van der Waals surface area contributed by atoms with Gasteiger partial charge in [-0.05, 0) is 65.2 Å². The Labute approximate surface area is 127 Å². The van der Waals surface area contributed by atoms with Crippen molar-refractivity contribution in [2.45, 2.75) is 6.42 Å². The summed E-state index contributed by atoms with van der Waals surface area (Å²) in [6.07, 6.45) is 4.84. The van der Waals surface area contributed by atoms with Crippen LogP contribution in [0.25, 0.3) is 5.69 Å². The van der Waals surface area contributed by atoms with Crippen molar-refractivity contribution in [3.05, 3.63) is 76.7 Å². The summed E-state index contributed by atoms with van der Waals surface area (Å²) in [5.74, 6) is -0.0238. The van der Waals surface area contributed by atoms with Gasteiger partial charge in [0.2, 0.25) is 0 Å². The molecule has 3 rings (SSSR count). The van der Waals surface area contributed by atoms with Gasteiger partial charge in [-0.1, -0.05) is 0 Å². The fourth-order valence-corrected chi connectivity index (χ4v) is 2.85. The number of hydrogen-bond donors (Lipinski definition) is 1. The highest BCUT2D eigenvalue weighted by Gasteiger charge is 2.05. The molecule has 1 N–H and O–H groups in total. The van der Waals surface area contributed by atoms with Crippen molar-refractivity contribution in [3.8, 4) is 5.69 Å². The van der Waals surface area contributed by atoms with Crippen LogP contribution in [0.5, 0.6) is 0 Å². The molecule has 1 amide bonds. The Hall–Kier alpha value is -2.33. The first-order chi connectivity index (χ1) is 10.3. The molecule has 3 nitrogen and oxygen atoms in total. The van der Waals surface area contributed by atoms with E-state index in [4.69, 9.17) is 0 Å². The molecular weight excluding hydrogens is 280 g/mol. The van der Waals surface area contributed by atoms with Crippen molar-refractivity contribution in [1.82, 2.24) is 9.88 Å². The molecule has 3 aromatic rings. The Balaban J connectivity index is 1.57. The number of nitrogens with zero attached hydrogens (tertiary/aromatic N) is 1. The zero-order valence-electron chi connectivity index (χ0n) is 11.5. The summed E-state index contributed by atoms with van der Waals surface area (Å²) < 4.78 is 2.01. The van der Waals surface area contributed by atoms with Crippen LogP contribution in [0.1, 0.15) is 15.9 Å². The molecule has 0 unspecified atom stereocenters. The van der Waals surface area contributed by atoms with Crippen LogP contribution in [0.2, 0.25) is 0 Å². The molecule has 0 aliphatic carbocycles. The van der Waals surface area contributed by atoms with E-state index in [1.54, 1.807) is 11.3 Å². The monoisotopic (exact) mass is 296 g/mol. The summed E-state index contributed by atoms with van der Waals surface area (Å²) in [4.78, 5) is 12.1. The molecule has 1 aromatic carbocycles. The number of rotatable bonds is 5. The number of nitrogens with one attached hydrogen (secondary N) is 1. The Bertz CT molecular complexity index is 685. The molecule has 4 heteroatoms. The highest BCUT2D eigenvalue weighted by molar-refractivity contribution is 7.07. The molecule has 106 valence electrons. The standard InChI is InChI=1S/C17H16N2OS/c20-17(18-9-7-14-8-12-21-13-14)15-3-5-16(6-4-15)19-10-1-2-11-19/h1-6,8,10-13H,7,9H2,(H,18,20). The molecule has 2 aromatic heterocycles. The lowest BCUT2D eigenvalue weighted by Crippen LogP contribution is -2.25. The van der Waals surface area contributed by atoms with Crippen molar-refractivity contribution in [2.75, 3.05) is 6.54 Å². The first kappa shape index (κ1) is 13.6. The van der Waals surface area contributed by atoms with Crippen LogP contribution in [0.4, 0.5) is 0 Å². The van der Waals surface area contributed by atoms with Gasteiger partial charge in [0.1, 0.15) is 0 Å². The first-order valence-electron chi connectivity index (χ1n) is 6.85. The Morgan fingerprint density at radius 1 is 1.10 bits per heavy atom. The largest absolute Gasteiger partial charge is 0.352 e. The normalized spacial score (nSPS) is 10.5. The third-order valence-electron chi connectivity index (χ3n) is 3.31. The van der Waals surface area contributed by atoms with Crippen LogP contribution in [-0.4, -0.2) is 17.0 Å². The lowest BCUT2D eigenvalue weighted by atomic mass is 10.2. The third-order valence-corrected chi connectivity index (χ3v) is 4.04. The first-order valence-corrected chi connectivity index (χ1v) is 7.80. The summed E-state index contributed by atoms with van der Waals surface area (Å²) in [5.41, 5.74) is 3.01. The number of thiophene rings is 1. The molecule has 0 saturated carbocycles. The lowest BCUT2D eigenvalue weighted by Gasteiger charge is -2.06. The highest BCUT2D eigenvalue weighted by Crippen LogP contribution is 2.10. The molecule has 2 heterocycles. The fraction of sp³-hybridized carbons (Fsp3) is 0.118. The van der Waals surface area contributed by atoms with Gasteiger partial charge < -0.3 is 9.88 Å². The van der Waals surface area contributed by atoms with Crippen LogP contribution in [0.3, 0.4) is 0 Å². The third kappa shape index (κ3) is 3.41. The number of aromatic nitrogens is 1. The number of amides is 1. The van der Waals surface area contributed by atoms with Crippen LogP contribution in [0.15, 0.2) is 65.6 Å². The van der Waals surface area contributed by atoms with E-state index in [9.17, 15) is 4.79 Å². The number of hydrogen-bond acceptors (Lipinski definition) is 2. The van der Waals surface area contributed by atoms with Gasteiger partial charge in [0.25, 0.3) is 5.91 Å². The summed E-state index contributed by atoms with van der Waals surface area (Å²) in [7, 11) is 0. The van der Waals surface area contributed by atoms with Crippen LogP contribution >= 0.6 is 11.3 Å². The molecule has 0 fully saturated rings. The van der Waals surface area contributed by atoms with Crippen molar-refractivity contribution in [1.29, 1.82) is 0 Å². The van der Waals surface area contributed by atoms with Gasteiger partial charge in [-0.15, -0.1) is 0 Å². The van der Waals surface area contributed by atoms with Gasteiger partial charge in [0.15, 0.2) is 0 Å². The minimum atomic E-state index is -0.0238. The van der Waals surface area contributed by atoms with Gasteiger partial charge in [-0.2, -0.15) is 11.3 Å². The van der Waals surface area contributed by atoms with E-state index in [0.717, 1.165) is 12.1 Å². The zero-order chi connectivity index (χ0) is 14.5. The predicted molar refractivity (Wildman–Crippen MR) is 86.1 cm³/mol. The molecular formula is C17H16N2OS. The molecule has 0 bridgehead atoms. The number of carbonyl (C=O) groups excluding carboxylic acids is 1. The second-order valence-electron chi connectivity index (χ2n) is 4.77. The summed E-state index contributed by atoms with van der Waals surface area (Å²) in [6, 6.07) is 13.7. The second kappa shape index (κ2) is 6.41. The van der Waals surface area contributed by atoms with E-state index in [2.05, 4.69) is 22.1 Å². The second-order valence-corrected chi connectivity index (χ2v) is 5.55. The minimum absolute atomic E-state index is 0.0238. The maximum Gasteiger partial charge on any atom is 0.251 e. The number of carbonyl (C=O) groups is 1. The van der Waals surface area contributed by atoms with Crippen molar-refractivity contribution in [2.24, 2.45) is 0 Å². The van der Waals surface area contributed by atoms with Gasteiger partial charge >= 0.3 is 0 Å². The van der Waals surface area contributed by atoms with E-state index in [1.165, 1.54) is 5.56 Å². The highest BCUT2D eigenvalue weighted by atomic mass is 32.1. The maximum absolute atomic E-state index is 12.1. The molecule has 0 aliphatic rings. The lowest BCUT2D eigenvalue weighted by molar-refractivity contribution is 0.0954. The molecule has 0 atom stereocenters. The molecule has 0 spiro atoms. The Kier molecular flexibility index (Phi) is 4.17. The van der Waals surface area contributed by atoms with E-state index in [1.807, 2.05) is 53.4 Å². The zero-order valence-corrected chi connectivity index (χ0v) is 12.3. The van der Waals surface area contributed by atoms with Crippen molar-refractivity contribution in [3.63, 3.8) is 0 Å². The smallest absolute Gasteiger partial charge is 0.251 e. The van der Waals surface area contributed by atoms with Crippen LogP contribution < -0.4 is 5.32 Å².